The monoisotopic (exact) mass is 392 g/mol. The van der Waals surface area contributed by atoms with E-state index in [0.717, 1.165) is 68.9 Å². The fourth-order valence-corrected chi connectivity index (χ4v) is 3.25. The van der Waals surface area contributed by atoms with Gasteiger partial charge in [0.25, 0.3) is 0 Å². The van der Waals surface area contributed by atoms with Gasteiger partial charge in [-0.25, -0.2) is 0 Å². The number of hydrogen-bond acceptors (Lipinski definition) is 5. The smallest absolute Gasteiger partial charge is 0.193 e. The number of aliphatic imine (C=N–C) groups is 1. The zero-order valence-electron chi connectivity index (χ0n) is 18.0. The molecule has 1 aliphatic rings. The second kappa shape index (κ2) is 11.8. The van der Waals surface area contributed by atoms with Crippen LogP contribution in [0.1, 0.15) is 19.4 Å². The van der Waals surface area contributed by atoms with Crippen LogP contribution in [0.15, 0.2) is 23.2 Å². The van der Waals surface area contributed by atoms with E-state index in [1.807, 2.05) is 19.2 Å². The van der Waals surface area contributed by atoms with Crippen LogP contribution in [0.2, 0.25) is 0 Å². The molecule has 0 aliphatic carbocycles. The highest BCUT2D eigenvalue weighted by atomic mass is 16.5. The summed E-state index contributed by atoms with van der Waals surface area (Å²) in [6.07, 6.45) is 0. The van der Waals surface area contributed by atoms with Gasteiger partial charge in [0.05, 0.1) is 20.8 Å². The van der Waals surface area contributed by atoms with Crippen molar-refractivity contribution in [2.75, 3.05) is 67.2 Å². The van der Waals surface area contributed by atoms with Crippen molar-refractivity contribution in [3.05, 3.63) is 23.8 Å². The molecule has 28 heavy (non-hydrogen) atoms. The summed E-state index contributed by atoms with van der Waals surface area (Å²) in [5.74, 6) is 3.28. The summed E-state index contributed by atoms with van der Waals surface area (Å²) in [5, 5.41) is 3.41. The van der Waals surface area contributed by atoms with Crippen LogP contribution in [0.25, 0.3) is 0 Å². The largest absolute Gasteiger partial charge is 0.497 e. The minimum Gasteiger partial charge on any atom is -0.497 e. The Morgan fingerprint density at radius 2 is 1.89 bits per heavy atom. The van der Waals surface area contributed by atoms with Crippen LogP contribution in [0, 0.1) is 5.92 Å². The van der Waals surface area contributed by atoms with E-state index in [-0.39, 0.29) is 0 Å². The van der Waals surface area contributed by atoms with Gasteiger partial charge in [-0.1, -0.05) is 13.8 Å². The molecule has 1 aromatic carbocycles. The molecule has 1 fully saturated rings. The zero-order chi connectivity index (χ0) is 20.4. The van der Waals surface area contributed by atoms with E-state index in [4.69, 9.17) is 14.2 Å². The minimum absolute atomic E-state index is 0.565. The average molecular weight is 393 g/mol. The van der Waals surface area contributed by atoms with Gasteiger partial charge in [-0.2, -0.15) is 0 Å². The van der Waals surface area contributed by atoms with E-state index in [2.05, 4.69) is 40.0 Å². The molecule has 1 N–H and O–H groups in total. The molecule has 1 aromatic rings. The molecule has 0 aromatic heterocycles. The van der Waals surface area contributed by atoms with Crippen molar-refractivity contribution in [3.63, 3.8) is 0 Å². The Bertz CT molecular complexity index is 614. The summed E-state index contributed by atoms with van der Waals surface area (Å²) in [5.41, 5.74) is 1.15. The highest BCUT2D eigenvalue weighted by molar-refractivity contribution is 5.80. The van der Waals surface area contributed by atoms with Crippen LogP contribution >= 0.6 is 0 Å². The number of guanidine groups is 1. The van der Waals surface area contributed by atoms with E-state index in [9.17, 15) is 0 Å². The molecule has 0 saturated carbocycles. The van der Waals surface area contributed by atoms with Crippen LogP contribution in [0.4, 0.5) is 0 Å². The van der Waals surface area contributed by atoms with Crippen LogP contribution in [-0.4, -0.2) is 83.0 Å². The third kappa shape index (κ3) is 6.87. The van der Waals surface area contributed by atoms with Gasteiger partial charge in [0, 0.05) is 58.5 Å². The van der Waals surface area contributed by atoms with Gasteiger partial charge in [0.15, 0.2) is 5.96 Å². The number of ether oxygens (including phenoxy) is 3. The Hall–Kier alpha value is -1.99. The summed E-state index contributed by atoms with van der Waals surface area (Å²) in [4.78, 5) is 9.17. The van der Waals surface area contributed by atoms with Crippen LogP contribution in [0.3, 0.4) is 0 Å². The van der Waals surface area contributed by atoms with Crippen molar-refractivity contribution in [1.29, 1.82) is 0 Å². The Morgan fingerprint density at radius 3 is 2.50 bits per heavy atom. The summed E-state index contributed by atoms with van der Waals surface area (Å²) < 4.78 is 16.5. The summed E-state index contributed by atoms with van der Waals surface area (Å²) >= 11 is 0. The Kier molecular flexibility index (Phi) is 9.37. The van der Waals surface area contributed by atoms with Crippen LogP contribution in [-0.2, 0) is 11.3 Å². The van der Waals surface area contributed by atoms with E-state index in [0.29, 0.717) is 12.5 Å². The zero-order valence-corrected chi connectivity index (χ0v) is 18.0. The second-order valence-corrected chi connectivity index (χ2v) is 7.38. The fourth-order valence-electron chi connectivity index (χ4n) is 3.25. The maximum atomic E-state index is 5.64. The first-order valence-electron chi connectivity index (χ1n) is 10.0. The summed E-state index contributed by atoms with van der Waals surface area (Å²) in [6, 6.07) is 5.96. The van der Waals surface area contributed by atoms with Crippen molar-refractivity contribution >= 4 is 5.96 Å². The predicted molar refractivity (Wildman–Crippen MR) is 113 cm³/mol. The first-order valence-corrected chi connectivity index (χ1v) is 10.0. The normalized spacial score (nSPS) is 15.8. The lowest BCUT2D eigenvalue weighted by Gasteiger charge is -2.36. The molecule has 0 unspecified atom stereocenters. The third-order valence-corrected chi connectivity index (χ3v) is 4.75. The highest BCUT2D eigenvalue weighted by Crippen LogP contribution is 2.25. The lowest BCUT2D eigenvalue weighted by molar-refractivity contribution is 0.113. The SMILES string of the molecule is CN=C(NCCOCC(C)C)N1CCN(Cc2cc(OC)ccc2OC)CC1. The van der Waals surface area contributed by atoms with Crippen molar-refractivity contribution < 1.29 is 14.2 Å². The molecule has 0 atom stereocenters. The summed E-state index contributed by atoms with van der Waals surface area (Å²) in [7, 11) is 5.24. The van der Waals surface area contributed by atoms with Gasteiger partial charge in [-0.3, -0.25) is 9.89 Å². The van der Waals surface area contributed by atoms with Crippen LogP contribution < -0.4 is 14.8 Å². The molecule has 0 radical (unpaired) electrons. The van der Waals surface area contributed by atoms with E-state index >= 15 is 0 Å². The van der Waals surface area contributed by atoms with Gasteiger partial charge in [-0.15, -0.1) is 0 Å². The van der Waals surface area contributed by atoms with Crippen molar-refractivity contribution in [2.45, 2.75) is 20.4 Å². The molecule has 158 valence electrons. The summed E-state index contributed by atoms with van der Waals surface area (Å²) in [6.45, 7) is 11.3. The first kappa shape index (κ1) is 22.3. The number of hydrogen-bond donors (Lipinski definition) is 1. The predicted octanol–water partition coefficient (Wildman–Crippen LogP) is 2.07. The molecule has 0 spiro atoms. The number of piperazine rings is 1. The number of nitrogens with zero attached hydrogens (tertiary/aromatic N) is 3. The quantitative estimate of drug-likeness (QED) is 0.394. The van der Waals surface area contributed by atoms with E-state index < -0.39 is 0 Å². The minimum atomic E-state index is 0.565. The lowest BCUT2D eigenvalue weighted by Crippen LogP contribution is -2.52. The lowest BCUT2D eigenvalue weighted by atomic mass is 10.1. The van der Waals surface area contributed by atoms with Gasteiger partial charge in [0.2, 0.25) is 0 Å². The Labute approximate surface area is 169 Å². The molecule has 0 amide bonds. The fraction of sp³-hybridized carbons (Fsp3) is 0.667. The number of nitrogens with one attached hydrogen (secondary N) is 1. The van der Waals surface area contributed by atoms with Crippen molar-refractivity contribution in [1.82, 2.24) is 15.1 Å². The van der Waals surface area contributed by atoms with Gasteiger partial charge in [0.1, 0.15) is 11.5 Å². The number of rotatable bonds is 9. The highest BCUT2D eigenvalue weighted by Gasteiger charge is 2.20. The van der Waals surface area contributed by atoms with Crippen LogP contribution in [0.5, 0.6) is 11.5 Å². The molecule has 7 heteroatoms. The first-order chi connectivity index (χ1) is 13.6. The number of benzene rings is 1. The topological polar surface area (TPSA) is 58.6 Å². The number of methoxy groups -OCH3 is 2. The maximum absolute atomic E-state index is 5.64. The molecule has 1 aliphatic heterocycles. The Morgan fingerprint density at radius 1 is 1.14 bits per heavy atom. The molecule has 1 heterocycles. The van der Waals surface area contributed by atoms with Gasteiger partial charge in [-0.05, 0) is 24.1 Å². The Balaban J connectivity index is 1.80. The molecule has 0 bridgehead atoms. The van der Waals surface area contributed by atoms with E-state index in [1.54, 1.807) is 14.2 Å². The molecular weight excluding hydrogens is 356 g/mol. The van der Waals surface area contributed by atoms with Crippen molar-refractivity contribution in [2.24, 2.45) is 10.9 Å². The van der Waals surface area contributed by atoms with Crippen molar-refractivity contribution in [3.8, 4) is 11.5 Å². The molecular formula is C21H36N4O3. The second-order valence-electron chi connectivity index (χ2n) is 7.38. The molecule has 1 saturated heterocycles. The standard InChI is InChI=1S/C21H36N4O3/c1-17(2)16-28-13-8-23-21(22-3)25-11-9-24(10-12-25)15-18-14-19(26-4)6-7-20(18)27-5/h6-7,14,17H,8-13,15-16H2,1-5H3,(H,22,23). The van der Waals surface area contributed by atoms with Gasteiger partial charge >= 0.3 is 0 Å². The third-order valence-electron chi connectivity index (χ3n) is 4.75. The maximum Gasteiger partial charge on any atom is 0.193 e. The molecule has 7 nitrogen and oxygen atoms in total. The van der Waals surface area contributed by atoms with E-state index in [1.165, 1.54) is 0 Å². The average Bonchev–Trinajstić information content (AvgIpc) is 2.71. The van der Waals surface area contributed by atoms with Gasteiger partial charge < -0.3 is 24.4 Å². The molecule has 2 rings (SSSR count).